The Hall–Kier alpha value is -0.670. The summed E-state index contributed by atoms with van der Waals surface area (Å²) >= 11 is 1.74. The van der Waals surface area contributed by atoms with Crippen molar-refractivity contribution in [3.8, 4) is 0 Å². The highest BCUT2D eigenvalue weighted by Gasteiger charge is 2.25. The van der Waals surface area contributed by atoms with Gasteiger partial charge in [0.1, 0.15) is 0 Å². The molecule has 0 radical (unpaired) electrons. The number of nitrogens with one attached hydrogen (secondary N) is 1. The molecule has 1 aromatic rings. The van der Waals surface area contributed by atoms with Gasteiger partial charge in [0.15, 0.2) is 0 Å². The lowest BCUT2D eigenvalue weighted by atomic mass is 10.2. The topological polar surface area (TPSA) is 32.3 Å². The van der Waals surface area contributed by atoms with Crippen LogP contribution in [0.15, 0.2) is 29.2 Å². The molecule has 15 heavy (non-hydrogen) atoms. The summed E-state index contributed by atoms with van der Waals surface area (Å²) in [6.07, 6.45) is 5.02. The van der Waals surface area contributed by atoms with Gasteiger partial charge in [-0.25, -0.2) is 0 Å². The first-order chi connectivity index (χ1) is 7.31. The number of para-hydroxylation sites is 1. The Morgan fingerprint density at radius 3 is 2.80 bits per heavy atom. The van der Waals surface area contributed by atoms with Crippen molar-refractivity contribution in [2.24, 2.45) is 0 Å². The van der Waals surface area contributed by atoms with Crippen LogP contribution in [0.4, 0.5) is 5.69 Å². The van der Waals surface area contributed by atoms with Crippen molar-refractivity contribution in [1.82, 2.24) is 0 Å². The van der Waals surface area contributed by atoms with Gasteiger partial charge in [-0.05, 0) is 37.7 Å². The molecule has 2 unspecified atom stereocenters. The third-order valence-corrected chi connectivity index (χ3v) is 3.72. The van der Waals surface area contributed by atoms with Gasteiger partial charge in [0.2, 0.25) is 0 Å². The van der Waals surface area contributed by atoms with E-state index in [4.69, 9.17) is 0 Å². The fourth-order valence-corrected chi connectivity index (χ4v) is 2.63. The van der Waals surface area contributed by atoms with Gasteiger partial charge in [-0.3, -0.25) is 0 Å². The molecule has 0 amide bonds. The highest BCUT2D eigenvalue weighted by Crippen LogP contribution is 2.29. The number of benzene rings is 1. The highest BCUT2D eigenvalue weighted by molar-refractivity contribution is 7.98. The number of thioether (sulfide) groups is 1. The number of aliphatic hydroxyl groups excluding tert-OH is 1. The van der Waals surface area contributed by atoms with Crippen molar-refractivity contribution >= 4 is 17.4 Å². The quantitative estimate of drug-likeness (QED) is 0.773. The molecule has 1 fully saturated rings. The van der Waals surface area contributed by atoms with E-state index in [1.165, 1.54) is 4.90 Å². The van der Waals surface area contributed by atoms with E-state index in [1.807, 2.05) is 12.1 Å². The molecule has 0 heterocycles. The van der Waals surface area contributed by atoms with E-state index in [1.54, 1.807) is 11.8 Å². The van der Waals surface area contributed by atoms with Crippen LogP contribution in [0, 0.1) is 0 Å². The molecule has 2 N–H and O–H groups in total. The molecule has 0 spiro atoms. The van der Waals surface area contributed by atoms with Crippen LogP contribution >= 0.6 is 11.8 Å². The zero-order chi connectivity index (χ0) is 10.7. The predicted octanol–water partition coefficient (Wildman–Crippen LogP) is 2.73. The molecule has 2 atom stereocenters. The number of hydrogen-bond donors (Lipinski definition) is 2. The Kier molecular flexibility index (Phi) is 3.54. The van der Waals surface area contributed by atoms with Gasteiger partial charge in [-0.2, -0.15) is 0 Å². The third kappa shape index (κ3) is 2.47. The molecule has 0 aromatic heterocycles. The Bertz CT molecular complexity index is 329. The lowest BCUT2D eigenvalue weighted by Crippen LogP contribution is -2.28. The minimum atomic E-state index is -0.181. The SMILES string of the molecule is CSc1ccccc1NC1CCCC1O. The number of hydrogen-bond acceptors (Lipinski definition) is 3. The van der Waals surface area contributed by atoms with E-state index in [2.05, 4.69) is 23.7 Å². The van der Waals surface area contributed by atoms with Crippen molar-refractivity contribution in [2.45, 2.75) is 36.3 Å². The average molecular weight is 223 g/mol. The Balaban J connectivity index is 2.09. The Morgan fingerprint density at radius 2 is 2.13 bits per heavy atom. The largest absolute Gasteiger partial charge is 0.391 e. The summed E-state index contributed by atoms with van der Waals surface area (Å²) in [5.41, 5.74) is 1.15. The maximum atomic E-state index is 9.74. The third-order valence-electron chi connectivity index (χ3n) is 2.93. The first kappa shape index (κ1) is 10.8. The number of anilines is 1. The van der Waals surface area contributed by atoms with E-state index < -0.39 is 0 Å². The predicted molar refractivity (Wildman–Crippen MR) is 65.5 cm³/mol. The fraction of sp³-hybridized carbons (Fsp3) is 0.500. The van der Waals surface area contributed by atoms with E-state index in [-0.39, 0.29) is 12.1 Å². The molecule has 82 valence electrons. The van der Waals surface area contributed by atoms with E-state index >= 15 is 0 Å². The maximum Gasteiger partial charge on any atom is 0.0741 e. The van der Waals surface area contributed by atoms with E-state index in [0.717, 1.165) is 24.9 Å². The van der Waals surface area contributed by atoms with E-state index in [0.29, 0.717) is 0 Å². The summed E-state index contributed by atoms with van der Waals surface area (Å²) in [4.78, 5) is 1.25. The van der Waals surface area contributed by atoms with Crippen LogP contribution < -0.4 is 5.32 Å². The highest BCUT2D eigenvalue weighted by atomic mass is 32.2. The fourth-order valence-electron chi connectivity index (χ4n) is 2.07. The van der Waals surface area contributed by atoms with Gasteiger partial charge in [-0.1, -0.05) is 12.1 Å². The minimum Gasteiger partial charge on any atom is -0.391 e. The standard InChI is InChI=1S/C12H17NOS/c1-15-12-8-3-2-5-10(12)13-9-6-4-7-11(9)14/h2-3,5,8-9,11,13-14H,4,6-7H2,1H3. The molecule has 1 aliphatic carbocycles. The van der Waals surface area contributed by atoms with Crippen LogP contribution in [0.3, 0.4) is 0 Å². The van der Waals surface area contributed by atoms with Crippen LogP contribution in [0.5, 0.6) is 0 Å². The van der Waals surface area contributed by atoms with Gasteiger partial charge in [0.25, 0.3) is 0 Å². The molecule has 1 aromatic carbocycles. The van der Waals surface area contributed by atoms with E-state index in [9.17, 15) is 5.11 Å². The maximum absolute atomic E-state index is 9.74. The number of aliphatic hydroxyl groups is 1. The van der Waals surface area contributed by atoms with Gasteiger partial charge >= 0.3 is 0 Å². The van der Waals surface area contributed by atoms with Crippen LogP contribution in [-0.4, -0.2) is 23.5 Å². The second-order valence-corrected chi connectivity index (χ2v) is 4.80. The zero-order valence-corrected chi connectivity index (χ0v) is 9.76. The van der Waals surface area contributed by atoms with Crippen LogP contribution in [-0.2, 0) is 0 Å². The van der Waals surface area contributed by atoms with Gasteiger partial charge in [0, 0.05) is 10.6 Å². The molecule has 0 bridgehead atoms. The van der Waals surface area contributed by atoms with Crippen molar-refractivity contribution < 1.29 is 5.11 Å². The van der Waals surface area contributed by atoms with Crippen LogP contribution in [0.1, 0.15) is 19.3 Å². The summed E-state index contributed by atoms with van der Waals surface area (Å²) < 4.78 is 0. The monoisotopic (exact) mass is 223 g/mol. The molecule has 2 nitrogen and oxygen atoms in total. The molecule has 0 aliphatic heterocycles. The summed E-state index contributed by atoms with van der Waals surface area (Å²) in [7, 11) is 0. The smallest absolute Gasteiger partial charge is 0.0741 e. The Morgan fingerprint density at radius 1 is 1.33 bits per heavy atom. The van der Waals surface area contributed by atoms with Gasteiger partial charge in [0.05, 0.1) is 12.1 Å². The second-order valence-electron chi connectivity index (χ2n) is 3.95. The first-order valence-electron chi connectivity index (χ1n) is 5.39. The molecular weight excluding hydrogens is 206 g/mol. The van der Waals surface area contributed by atoms with Crippen molar-refractivity contribution in [1.29, 1.82) is 0 Å². The molecular formula is C12H17NOS. The van der Waals surface area contributed by atoms with Gasteiger partial charge < -0.3 is 10.4 Å². The minimum absolute atomic E-state index is 0.181. The molecule has 1 aliphatic rings. The number of rotatable bonds is 3. The molecule has 3 heteroatoms. The Labute approximate surface area is 95.1 Å². The molecule has 1 saturated carbocycles. The van der Waals surface area contributed by atoms with Crippen LogP contribution in [0.25, 0.3) is 0 Å². The summed E-state index contributed by atoms with van der Waals surface area (Å²) in [5.74, 6) is 0. The lowest BCUT2D eigenvalue weighted by molar-refractivity contribution is 0.171. The van der Waals surface area contributed by atoms with Crippen molar-refractivity contribution in [2.75, 3.05) is 11.6 Å². The molecule has 0 saturated heterocycles. The van der Waals surface area contributed by atoms with Crippen molar-refractivity contribution in [3.05, 3.63) is 24.3 Å². The zero-order valence-electron chi connectivity index (χ0n) is 8.94. The van der Waals surface area contributed by atoms with Gasteiger partial charge in [-0.15, -0.1) is 11.8 Å². The first-order valence-corrected chi connectivity index (χ1v) is 6.61. The lowest BCUT2D eigenvalue weighted by Gasteiger charge is -2.19. The normalized spacial score (nSPS) is 25.5. The summed E-state index contributed by atoms with van der Waals surface area (Å²) in [5, 5.41) is 13.2. The average Bonchev–Trinajstić information content (AvgIpc) is 2.65. The van der Waals surface area contributed by atoms with Crippen LogP contribution in [0.2, 0.25) is 0 Å². The summed E-state index contributed by atoms with van der Waals surface area (Å²) in [6, 6.07) is 8.50. The second kappa shape index (κ2) is 4.90. The molecule has 2 rings (SSSR count). The van der Waals surface area contributed by atoms with Crippen molar-refractivity contribution in [3.63, 3.8) is 0 Å². The summed E-state index contributed by atoms with van der Waals surface area (Å²) in [6.45, 7) is 0.